The summed E-state index contributed by atoms with van der Waals surface area (Å²) in [6.45, 7) is 15.7. The molecule has 0 saturated heterocycles. The Morgan fingerprint density at radius 2 is 0.929 bits per heavy atom. The second-order valence-electron chi connectivity index (χ2n) is 16.9. The van der Waals surface area contributed by atoms with Crippen LogP contribution in [0.25, 0.3) is 45.7 Å². The average molecular weight is 985 g/mol. The summed E-state index contributed by atoms with van der Waals surface area (Å²) in [5.74, 6) is -1.08. The van der Waals surface area contributed by atoms with Crippen molar-refractivity contribution in [3.63, 3.8) is 0 Å². The molecule has 0 saturated carbocycles. The van der Waals surface area contributed by atoms with E-state index in [0.29, 0.717) is 42.1 Å². The van der Waals surface area contributed by atoms with Crippen LogP contribution in [0, 0.1) is 11.8 Å². The molecule has 0 aliphatic rings. The van der Waals surface area contributed by atoms with E-state index in [4.69, 9.17) is 37.8 Å². The van der Waals surface area contributed by atoms with Gasteiger partial charge in [-0.1, -0.05) is 24.2 Å². The molecular formula is C50H54F6N4O10. The molecule has 2 unspecified atom stereocenters. The van der Waals surface area contributed by atoms with E-state index in [9.17, 15) is 35.9 Å². The molecule has 20 heteroatoms. The minimum Gasteiger partial charge on any atom is -0.491 e. The number of carboxylic acid groups (broad SMARTS) is 1. The molecule has 0 amide bonds. The first-order chi connectivity index (χ1) is 32.9. The number of hydrogen-bond acceptors (Lipinski definition) is 13. The van der Waals surface area contributed by atoms with E-state index in [1.165, 1.54) is 24.3 Å². The molecule has 0 aliphatic carbocycles. The number of rotatable bonds is 19. The third-order valence-corrected chi connectivity index (χ3v) is 10.0. The van der Waals surface area contributed by atoms with Crippen molar-refractivity contribution in [2.75, 3.05) is 6.61 Å². The maximum Gasteiger partial charge on any atom is 0.419 e. The van der Waals surface area contributed by atoms with E-state index < -0.39 is 47.6 Å². The lowest BCUT2D eigenvalue weighted by Crippen LogP contribution is -2.22. The van der Waals surface area contributed by atoms with Gasteiger partial charge in [-0.05, 0) is 146 Å². The van der Waals surface area contributed by atoms with Gasteiger partial charge < -0.3 is 37.8 Å². The number of alkyl halides is 6. The van der Waals surface area contributed by atoms with Crippen molar-refractivity contribution in [2.45, 2.75) is 112 Å². The summed E-state index contributed by atoms with van der Waals surface area (Å²) in [6, 6.07) is 20.8. The Balaban J connectivity index is 0.000000261. The summed E-state index contributed by atoms with van der Waals surface area (Å²) in [5.41, 5.74) is -0.415. The first kappa shape index (κ1) is 53.8. The van der Waals surface area contributed by atoms with Crippen molar-refractivity contribution in [2.24, 2.45) is 11.8 Å². The van der Waals surface area contributed by atoms with E-state index in [-0.39, 0.29) is 70.2 Å². The fourth-order valence-corrected chi connectivity index (χ4v) is 6.80. The number of carboxylic acids is 1. The van der Waals surface area contributed by atoms with E-state index >= 15 is 0 Å². The van der Waals surface area contributed by atoms with Crippen LogP contribution in [0.3, 0.4) is 0 Å². The monoisotopic (exact) mass is 984 g/mol. The smallest absolute Gasteiger partial charge is 0.419 e. The molecule has 0 bridgehead atoms. The summed E-state index contributed by atoms with van der Waals surface area (Å²) in [4.78, 5) is 31.3. The Labute approximate surface area is 400 Å². The zero-order valence-electron chi connectivity index (χ0n) is 39.8. The van der Waals surface area contributed by atoms with E-state index in [2.05, 4.69) is 20.3 Å². The van der Waals surface area contributed by atoms with Crippen molar-refractivity contribution in [1.82, 2.24) is 20.3 Å². The molecule has 0 aliphatic heterocycles. The van der Waals surface area contributed by atoms with Crippen LogP contribution in [-0.4, -0.2) is 68.3 Å². The van der Waals surface area contributed by atoms with Gasteiger partial charge in [0, 0.05) is 22.3 Å². The summed E-state index contributed by atoms with van der Waals surface area (Å²) in [7, 11) is 0. The molecule has 4 aromatic carbocycles. The Morgan fingerprint density at radius 3 is 1.27 bits per heavy atom. The summed E-state index contributed by atoms with van der Waals surface area (Å²) in [6.07, 6.45) is -9.73. The molecule has 6 aromatic rings. The average Bonchev–Trinajstić information content (AvgIpc) is 3.98. The highest BCUT2D eigenvalue weighted by atomic mass is 19.4. The number of carbonyl (C=O) groups excluding carboxylic acids is 1. The molecule has 0 fully saturated rings. The first-order valence-corrected chi connectivity index (χ1v) is 22.3. The van der Waals surface area contributed by atoms with Crippen LogP contribution in [-0.2, 0) is 26.7 Å². The predicted molar refractivity (Wildman–Crippen MR) is 244 cm³/mol. The van der Waals surface area contributed by atoms with Crippen LogP contribution in [0.2, 0.25) is 0 Å². The number of nitrogens with zero attached hydrogens (tertiary/aromatic N) is 4. The predicted octanol–water partition coefficient (Wildman–Crippen LogP) is 12.7. The van der Waals surface area contributed by atoms with Gasteiger partial charge in [-0.25, -0.2) is 0 Å². The van der Waals surface area contributed by atoms with Crippen molar-refractivity contribution in [3.05, 3.63) is 96.1 Å². The van der Waals surface area contributed by atoms with Gasteiger partial charge in [0.1, 0.15) is 23.0 Å². The molecule has 0 radical (unpaired) electrons. The van der Waals surface area contributed by atoms with E-state index in [1.54, 1.807) is 104 Å². The van der Waals surface area contributed by atoms with Crippen molar-refractivity contribution in [1.29, 1.82) is 0 Å². The second-order valence-corrected chi connectivity index (χ2v) is 16.9. The van der Waals surface area contributed by atoms with Gasteiger partial charge in [0.2, 0.25) is 11.6 Å². The Morgan fingerprint density at radius 1 is 0.557 bits per heavy atom. The number of esters is 1. The first-order valence-electron chi connectivity index (χ1n) is 22.3. The van der Waals surface area contributed by atoms with Gasteiger partial charge in [0.15, 0.2) is 0 Å². The van der Waals surface area contributed by atoms with E-state index in [1.807, 2.05) is 6.92 Å². The highest BCUT2D eigenvalue weighted by Crippen LogP contribution is 2.41. The molecule has 0 spiro atoms. The molecule has 14 nitrogen and oxygen atoms in total. The maximum absolute atomic E-state index is 13.6. The van der Waals surface area contributed by atoms with Crippen molar-refractivity contribution in [3.8, 4) is 68.7 Å². The topological polar surface area (TPSA) is 178 Å². The summed E-state index contributed by atoms with van der Waals surface area (Å²) >= 11 is 0. The van der Waals surface area contributed by atoms with Crippen LogP contribution < -0.4 is 18.9 Å². The minimum absolute atomic E-state index is 0.00760. The highest BCUT2D eigenvalue weighted by molar-refractivity contribution is 5.72. The quantitative estimate of drug-likeness (QED) is 0.0598. The number of carbonyl (C=O) groups is 2. The number of ether oxygens (including phenoxy) is 5. The maximum atomic E-state index is 13.6. The SMILES string of the molecule is CC(C)Oc1ccc(-c2noc(-c3ccc(O[C@H](C)CC(C)C(=O)O)cc3)n2)cc1C(F)(F)F.CCOC(=O)C(C)C[C@@H](C)Oc1ccc(-c2nc(-c3ccc(OC(C)C)c(C(F)(F)F)c3)no2)cc1. The lowest BCUT2D eigenvalue weighted by molar-refractivity contribution is -0.148. The summed E-state index contributed by atoms with van der Waals surface area (Å²) in [5, 5.41) is 16.7. The van der Waals surface area contributed by atoms with Gasteiger partial charge in [-0.3, -0.25) is 9.59 Å². The number of aromatic nitrogens is 4. The molecule has 376 valence electrons. The Kier molecular flexibility index (Phi) is 18.0. The van der Waals surface area contributed by atoms with Gasteiger partial charge in [-0.2, -0.15) is 36.3 Å². The second kappa shape index (κ2) is 23.5. The molecule has 6 rings (SSSR count). The van der Waals surface area contributed by atoms with Crippen LogP contribution >= 0.6 is 0 Å². The number of halogens is 6. The van der Waals surface area contributed by atoms with Gasteiger partial charge in [0.25, 0.3) is 11.8 Å². The molecular weight excluding hydrogens is 931 g/mol. The minimum atomic E-state index is -4.61. The third kappa shape index (κ3) is 15.2. The van der Waals surface area contributed by atoms with Gasteiger partial charge >= 0.3 is 24.3 Å². The highest BCUT2D eigenvalue weighted by Gasteiger charge is 2.37. The van der Waals surface area contributed by atoms with E-state index in [0.717, 1.165) is 12.1 Å². The lowest BCUT2D eigenvalue weighted by atomic mass is 10.0. The third-order valence-electron chi connectivity index (χ3n) is 10.0. The number of hydrogen-bond donors (Lipinski definition) is 1. The van der Waals surface area contributed by atoms with Crippen molar-refractivity contribution < 1.29 is 73.8 Å². The molecule has 70 heavy (non-hydrogen) atoms. The van der Waals surface area contributed by atoms with Crippen LogP contribution in [0.1, 0.15) is 86.3 Å². The van der Waals surface area contributed by atoms with Crippen LogP contribution in [0.15, 0.2) is 94.0 Å². The fraction of sp³-hybridized carbons (Fsp3) is 0.400. The Hall–Kier alpha value is -7.12. The van der Waals surface area contributed by atoms with Crippen LogP contribution in [0.4, 0.5) is 26.3 Å². The molecule has 1 N–H and O–H groups in total. The molecule has 2 heterocycles. The largest absolute Gasteiger partial charge is 0.491 e. The normalized spacial score (nSPS) is 13.4. The standard InChI is InChI=1S/C26H29F3N2O5.C24H25F3N2O5/c1-6-33-25(32)16(4)13-17(5)35-20-10-7-18(8-11-20)24-30-23(31-36-24)19-9-12-22(34-15(2)3)21(14-19)26(27,28)29;1-13(2)32-20-10-7-17(12-19(20)24(25,26)27)21-28-22(34-29-21)16-5-8-18(9-6-16)33-15(4)11-14(3)23(30)31/h7-12,14-17H,6,13H2,1-5H3;5-10,12-15H,11H2,1-4H3,(H,30,31)/t16?,17-;14?,15-/m11/s1. The number of benzene rings is 4. The zero-order valence-corrected chi connectivity index (χ0v) is 39.8. The van der Waals surface area contributed by atoms with Crippen molar-refractivity contribution >= 4 is 11.9 Å². The van der Waals surface area contributed by atoms with Gasteiger partial charge in [0.05, 0.1) is 54.0 Å². The van der Waals surface area contributed by atoms with Gasteiger partial charge in [-0.15, -0.1) is 0 Å². The summed E-state index contributed by atoms with van der Waals surface area (Å²) < 4.78 is 119. The fourth-order valence-electron chi connectivity index (χ4n) is 6.80. The molecule has 2 aromatic heterocycles. The Bertz CT molecular complexity index is 2650. The van der Waals surface area contributed by atoms with Crippen LogP contribution in [0.5, 0.6) is 23.0 Å². The number of aliphatic carboxylic acids is 1. The lowest BCUT2D eigenvalue weighted by Gasteiger charge is -2.18. The zero-order chi connectivity index (χ0) is 51.5. The molecule has 4 atom stereocenters.